The summed E-state index contributed by atoms with van der Waals surface area (Å²) in [6.45, 7) is 2.02. The van der Waals surface area contributed by atoms with E-state index in [1.54, 1.807) is 6.20 Å². The number of esters is 1. The van der Waals surface area contributed by atoms with Crippen molar-refractivity contribution in [2.75, 3.05) is 12.4 Å². The van der Waals surface area contributed by atoms with Gasteiger partial charge in [0.05, 0.1) is 19.5 Å². The lowest BCUT2D eigenvalue weighted by molar-refractivity contribution is 0.0593. The van der Waals surface area contributed by atoms with Gasteiger partial charge in [-0.25, -0.2) is 9.78 Å². The molecular formula is C13H13N3O2. The smallest absolute Gasteiger partial charge is 0.358 e. The number of ether oxygens (including phenoxy) is 1. The third kappa shape index (κ3) is 2.82. The van der Waals surface area contributed by atoms with Crippen molar-refractivity contribution in [3.63, 3.8) is 0 Å². The first-order valence-electron chi connectivity index (χ1n) is 5.43. The summed E-state index contributed by atoms with van der Waals surface area (Å²) in [6.07, 6.45) is 2.92. The lowest BCUT2D eigenvalue weighted by Gasteiger charge is -2.06. The van der Waals surface area contributed by atoms with Crippen LogP contribution in [0.25, 0.3) is 0 Å². The Labute approximate surface area is 105 Å². The van der Waals surface area contributed by atoms with Gasteiger partial charge in [-0.3, -0.25) is 4.98 Å². The van der Waals surface area contributed by atoms with Gasteiger partial charge in [0.15, 0.2) is 5.69 Å². The van der Waals surface area contributed by atoms with Gasteiger partial charge in [0.1, 0.15) is 5.82 Å². The Morgan fingerprint density at radius 2 is 1.94 bits per heavy atom. The lowest BCUT2D eigenvalue weighted by Crippen LogP contribution is -2.06. The predicted octanol–water partition coefficient (Wildman–Crippen LogP) is 2.32. The van der Waals surface area contributed by atoms with E-state index in [1.807, 2.05) is 31.2 Å². The van der Waals surface area contributed by atoms with Crippen LogP contribution in [0.4, 0.5) is 11.5 Å². The second-order valence-electron chi connectivity index (χ2n) is 3.77. The molecule has 92 valence electrons. The third-order valence-electron chi connectivity index (χ3n) is 2.35. The molecule has 2 rings (SSSR count). The quantitative estimate of drug-likeness (QED) is 0.838. The van der Waals surface area contributed by atoms with Crippen LogP contribution in [-0.2, 0) is 4.74 Å². The number of aryl methyl sites for hydroxylation is 1. The molecule has 1 heterocycles. The minimum Gasteiger partial charge on any atom is -0.464 e. The van der Waals surface area contributed by atoms with Crippen LogP contribution in [0, 0.1) is 6.92 Å². The number of carbonyl (C=O) groups is 1. The predicted molar refractivity (Wildman–Crippen MR) is 67.8 cm³/mol. The number of nitrogens with one attached hydrogen (secondary N) is 1. The van der Waals surface area contributed by atoms with Crippen LogP contribution in [0.3, 0.4) is 0 Å². The van der Waals surface area contributed by atoms with Crippen molar-refractivity contribution < 1.29 is 9.53 Å². The summed E-state index contributed by atoms with van der Waals surface area (Å²) in [4.78, 5) is 19.4. The van der Waals surface area contributed by atoms with Crippen LogP contribution in [0.2, 0.25) is 0 Å². The highest BCUT2D eigenvalue weighted by atomic mass is 16.5. The molecular weight excluding hydrogens is 230 g/mol. The highest BCUT2D eigenvalue weighted by Gasteiger charge is 2.08. The molecule has 0 aliphatic rings. The van der Waals surface area contributed by atoms with Crippen LogP contribution in [0.1, 0.15) is 16.1 Å². The van der Waals surface area contributed by atoms with Crippen molar-refractivity contribution in [3.05, 3.63) is 47.9 Å². The van der Waals surface area contributed by atoms with Gasteiger partial charge in [0.2, 0.25) is 0 Å². The van der Waals surface area contributed by atoms with Crippen molar-refractivity contribution in [1.82, 2.24) is 9.97 Å². The van der Waals surface area contributed by atoms with E-state index in [4.69, 9.17) is 0 Å². The summed E-state index contributed by atoms with van der Waals surface area (Å²) in [6, 6.07) is 7.84. The molecule has 0 amide bonds. The number of benzene rings is 1. The van der Waals surface area contributed by atoms with E-state index < -0.39 is 5.97 Å². The van der Waals surface area contributed by atoms with Crippen LogP contribution in [-0.4, -0.2) is 23.0 Å². The second-order valence-corrected chi connectivity index (χ2v) is 3.77. The van der Waals surface area contributed by atoms with Gasteiger partial charge in [-0.1, -0.05) is 17.7 Å². The van der Waals surface area contributed by atoms with E-state index >= 15 is 0 Å². The first kappa shape index (κ1) is 12.0. The molecule has 1 aromatic heterocycles. The maximum atomic E-state index is 11.3. The molecule has 0 spiro atoms. The lowest BCUT2D eigenvalue weighted by atomic mass is 10.2. The van der Waals surface area contributed by atoms with Crippen LogP contribution >= 0.6 is 0 Å². The van der Waals surface area contributed by atoms with Gasteiger partial charge in [-0.2, -0.15) is 0 Å². The molecule has 1 aromatic carbocycles. The summed E-state index contributed by atoms with van der Waals surface area (Å²) < 4.78 is 4.59. The molecule has 0 saturated carbocycles. The molecule has 0 aliphatic heterocycles. The summed E-state index contributed by atoms with van der Waals surface area (Å²) in [5.74, 6) is -0.00295. The zero-order valence-electron chi connectivity index (χ0n) is 10.2. The van der Waals surface area contributed by atoms with E-state index in [0.29, 0.717) is 5.82 Å². The van der Waals surface area contributed by atoms with Crippen molar-refractivity contribution in [1.29, 1.82) is 0 Å². The average Bonchev–Trinajstić information content (AvgIpc) is 2.41. The van der Waals surface area contributed by atoms with Crippen molar-refractivity contribution >= 4 is 17.5 Å². The fourth-order valence-electron chi connectivity index (χ4n) is 1.41. The SMILES string of the molecule is COC(=O)c1cncc(Nc2ccc(C)cc2)n1. The van der Waals surface area contributed by atoms with Gasteiger partial charge >= 0.3 is 5.97 Å². The monoisotopic (exact) mass is 243 g/mol. The number of hydrogen-bond donors (Lipinski definition) is 1. The summed E-state index contributed by atoms with van der Waals surface area (Å²) in [7, 11) is 1.31. The molecule has 5 heteroatoms. The number of anilines is 2. The largest absolute Gasteiger partial charge is 0.464 e. The Hall–Kier alpha value is -2.43. The van der Waals surface area contributed by atoms with Crippen molar-refractivity contribution in [2.24, 2.45) is 0 Å². The first-order chi connectivity index (χ1) is 8.69. The van der Waals surface area contributed by atoms with E-state index in [9.17, 15) is 4.79 Å². The Morgan fingerprint density at radius 3 is 2.61 bits per heavy atom. The minimum atomic E-state index is -0.505. The second kappa shape index (κ2) is 5.27. The van der Waals surface area contributed by atoms with Crippen molar-refractivity contribution in [3.8, 4) is 0 Å². The Balaban J connectivity index is 2.19. The van der Waals surface area contributed by atoms with Gasteiger partial charge in [-0.15, -0.1) is 0 Å². The van der Waals surface area contributed by atoms with Crippen LogP contribution in [0.5, 0.6) is 0 Å². The molecule has 0 atom stereocenters. The van der Waals surface area contributed by atoms with Gasteiger partial charge in [0, 0.05) is 5.69 Å². The number of nitrogens with zero attached hydrogens (tertiary/aromatic N) is 2. The molecule has 2 aromatic rings. The van der Waals surface area contributed by atoms with E-state index in [2.05, 4.69) is 20.0 Å². The van der Waals surface area contributed by atoms with Gasteiger partial charge < -0.3 is 10.1 Å². The molecule has 0 fully saturated rings. The third-order valence-corrected chi connectivity index (χ3v) is 2.35. The normalized spacial score (nSPS) is 9.89. The number of carbonyl (C=O) groups excluding carboxylic acids is 1. The molecule has 5 nitrogen and oxygen atoms in total. The summed E-state index contributed by atoms with van der Waals surface area (Å²) in [5.41, 5.74) is 2.24. The fraction of sp³-hybridized carbons (Fsp3) is 0.154. The number of aromatic nitrogens is 2. The molecule has 0 unspecified atom stereocenters. The molecule has 1 N–H and O–H groups in total. The Morgan fingerprint density at radius 1 is 1.22 bits per heavy atom. The standard InChI is InChI=1S/C13H13N3O2/c1-9-3-5-10(6-4-9)15-12-8-14-7-11(16-12)13(17)18-2/h3-8H,1-2H3,(H,15,16). The maximum Gasteiger partial charge on any atom is 0.358 e. The highest BCUT2D eigenvalue weighted by molar-refractivity contribution is 5.87. The number of rotatable bonds is 3. The van der Waals surface area contributed by atoms with Crippen LogP contribution < -0.4 is 5.32 Å². The summed E-state index contributed by atoms with van der Waals surface area (Å²) >= 11 is 0. The van der Waals surface area contributed by atoms with Crippen molar-refractivity contribution in [2.45, 2.75) is 6.92 Å². The van der Waals surface area contributed by atoms with Gasteiger partial charge in [-0.05, 0) is 19.1 Å². The van der Waals surface area contributed by atoms with E-state index in [1.165, 1.54) is 18.9 Å². The van der Waals surface area contributed by atoms with E-state index in [0.717, 1.165) is 5.69 Å². The fourth-order valence-corrected chi connectivity index (χ4v) is 1.41. The zero-order valence-corrected chi connectivity index (χ0v) is 10.2. The Bertz CT molecular complexity index is 552. The topological polar surface area (TPSA) is 64.1 Å². The number of hydrogen-bond acceptors (Lipinski definition) is 5. The number of methoxy groups -OCH3 is 1. The maximum absolute atomic E-state index is 11.3. The van der Waals surface area contributed by atoms with E-state index in [-0.39, 0.29) is 5.69 Å². The highest BCUT2D eigenvalue weighted by Crippen LogP contribution is 2.14. The molecule has 0 saturated heterocycles. The first-order valence-corrected chi connectivity index (χ1v) is 5.43. The Kier molecular flexibility index (Phi) is 3.52. The molecule has 18 heavy (non-hydrogen) atoms. The average molecular weight is 243 g/mol. The molecule has 0 aliphatic carbocycles. The minimum absolute atomic E-state index is 0.176. The zero-order chi connectivity index (χ0) is 13.0. The van der Waals surface area contributed by atoms with Gasteiger partial charge in [0.25, 0.3) is 0 Å². The molecule has 0 bridgehead atoms. The van der Waals surface area contributed by atoms with Crippen LogP contribution in [0.15, 0.2) is 36.7 Å². The molecule has 0 radical (unpaired) electrons. The summed E-state index contributed by atoms with van der Waals surface area (Å²) in [5, 5.41) is 3.07.